The summed E-state index contributed by atoms with van der Waals surface area (Å²) in [5.74, 6) is -0.629. The summed E-state index contributed by atoms with van der Waals surface area (Å²) >= 11 is 0.737. The summed E-state index contributed by atoms with van der Waals surface area (Å²) in [5.41, 5.74) is 5.29. The molecule has 0 aromatic carbocycles. The average Bonchev–Trinajstić information content (AvgIpc) is 2.65. The Kier molecular flexibility index (Phi) is 4.37. The number of anilines is 1. The molecule has 0 aliphatic carbocycles. The molecule has 8 nitrogen and oxygen atoms in total. The number of hydrogen-bond acceptors (Lipinski definition) is 8. The Morgan fingerprint density at radius 3 is 2.65 bits per heavy atom. The number of carbonyl (C=O) groups excluding carboxylic acids is 1. The molecule has 0 aliphatic rings. The lowest BCUT2D eigenvalue weighted by Gasteiger charge is -2.13. The maximum absolute atomic E-state index is 11.9. The van der Waals surface area contributed by atoms with Crippen LogP contribution in [0.2, 0.25) is 0 Å². The lowest BCUT2D eigenvalue weighted by Crippen LogP contribution is -2.33. The second-order valence-corrected chi connectivity index (χ2v) is 6.20. The van der Waals surface area contributed by atoms with Crippen molar-refractivity contribution in [2.45, 2.75) is 11.3 Å². The minimum atomic E-state index is -3.83. The van der Waals surface area contributed by atoms with Crippen LogP contribution in [0.5, 0.6) is 0 Å². The van der Waals surface area contributed by atoms with E-state index in [1.807, 2.05) is 0 Å². The van der Waals surface area contributed by atoms with Crippen LogP contribution in [0.15, 0.2) is 4.34 Å². The Morgan fingerprint density at radius 1 is 1.53 bits per heavy atom. The summed E-state index contributed by atoms with van der Waals surface area (Å²) in [6.45, 7) is 1.45. The van der Waals surface area contributed by atoms with Crippen LogP contribution in [-0.4, -0.2) is 49.1 Å². The zero-order chi connectivity index (χ0) is 13.1. The monoisotopic (exact) mass is 280 g/mol. The number of aromatic nitrogens is 2. The largest absolute Gasteiger partial charge is 0.465 e. The molecule has 0 amide bonds. The number of likely N-dealkylation sites (N-methyl/N-ethyl adjacent to an activating group) is 1. The Hall–Kier alpha value is -1.26. The topological polar surface area (TPSA) is 115 Å². The van der Waals surface area contributed by atoms with Gasteiger partial charge in [0, 0.05) is 7.05 Å². The first-order chi connectivity index (χ1) is 7.87. The van der Waals surface area contributed by atoms with E-state index in [1.165, 1.54) is 7.05 Å². The highest BCUT2D eigenvalue weighted by Gasteiger charge is 2.27. The third-order valence-electron chi connectivity index (χ3n) is 1.71. The molecule has 0 radical (unpaired) electrons. The number of esters is 1. The van der Waals surface area contributed by atoms with Crippen LogP contribution in [0.25, 0.3) is 0 Å². The van der Waals surface area contributed by atoms with Gasteiger partial charge in [-0.25, -0.2) is 8.42 Å². The Balaban J connectivity index is 2.81. The maximum Gasteiger partial charge on any atom is 0.321 e. The molecule has 0 bridgehead atoms. The minimum Gasteiger partial charge on any atom is -0.465 e. The molecule has 0 unspecified atom stereocenters. The van der Waals surface area contributed by atoms with E-state index in [-0.39, 0.29) is 22.6 Å². The van der Waals surface area contributed by atoms with Gasteiger partial charge in [-0.15, -0.1) is 10.2 Å². The van der Waals surface area contributed by atoms with Crippen LogP contribution in [-0.2, 0) is 19.6 Å². The van der Waals surface area contributed by atoms with Gasteiger partial charge in [-0.1, -0.05) is 11.3 Å². The fourth-order valence-electron chi connectivity index (χ4n) is 0.931. The lowest BCUT2D eigenvalue weighted by molar-refractivity contribution is -0.143. The number of ether oxygens (including phenoxy) is 1. The third-order valence-corrected chi connectivity index (χ3v) is 4.61. The standard InChI is InChI=1S/C7H12N4O4S2/c1-3-15-5(12)4-11(2)17(13,14)7-10-9-6(8)16-7/h3-4H2,1-2H3,(H2,8,9). The zero-order valence-corrected chi connectivity index (χ0v) is 10.9. The molecule has 2 N–H and O–H groups in total. The predicted octanol–water partition coefficient (Wildman–Crippen LogP) is -0.696. The molecule has 0 saturated heterocycles. The molecular formula is C7H12N4O4S2. The fourth-order valence-corrected chi connectivity index (χ4v) is 3.02. The van der Waals surface area contributed by atoms with Gasteiger partial charge >= 0.3 is 5.97 Å². The molecule has 1 aromatic rings. The Morgan fingerprint density at radius 2 is 2.18 bits per heavy atom. The normalized spacial score (nSPS) is 11.7. The number of hydrogen-bond donors (Lipinski definition) is 1. The number of nitrogens with two attached hydrogens (primary N) is 1. The summed E-state index contributed by atoms with van der Waals surface area (Å²) in [4.78, 5) is 11.2. The van der Waals surface area contributed by atoms with Gasteiger partial charge in [0.15, 0.2) is 0 Å². The van der Waals surface area contributed by atoms with Crippen LogP contribution in [0.1, 0.15) is 6.92 Å². The summed E-state index contributed by atoms with van der Waals surface area (Å²) in [6, 6.07) is 0. The van der Waals surface area contributed by atoms with Gasteiger partial charge in [0.1, 0.15) is 6.54 Å². The van der Waals surface area contributed by atoms with Crippen molar-refractivity contribution in [3.8, 4) is 0 Å². The summed E-state index contributed by atoms with van der Waals surface area (Å²) in [5, 5.41) is 6.88. The van der Waals surface area contributed by atoms with Crippen molar-refractivity contribution in [1.82, 2.24) is 14.5 Å². The summed E-state index contributed by atoms with van der Waals surface area (Å²) in [6.07, 6.45) is 0. The van der Waals surface area contributed by atoms with Crippen LogP contribution < -0.4 is 5.73 Å². The van der Waals surface area contributed by atoms with Gasteiger partial charge in [0.2, 0.25) is 9.47 Å². The summed E-state index contributed by atoms with van der Waals surface area (Å²) < 4.78 is 28.9. The highest BCUT2D eigenvalue weighted by molar-refractivity contribution is 7.91. The maximum atomic E-state index is 11.9. The highest BCUT2D eigenvalue weighted by Crippen LogP contribution is 2.19. The van der Waals surface area contributed by atoms with Crippen LogP contribution >= 0.6 is 11.3 Å². The Labute approximate surface area is 102 Å². The number of carbonyl (C=O) groups is 1. The van der Waals surface area contributed by atoms with Crippen molar-refractivity contribution in [2.75, 3.05) is 25.9 Å². The van der Waals surface area contributed by atoms with E-state index in [2.05, 4.69) is 14.9 Å². The minimum absolute atomic E-state index is 0.0492. The first-order valence-electron chi connectivity index (χ1n) is 4.59. The van der Waals surface area contributed by atoms with Crippen molar-refractivity contribution >= 4 is 32.5 Å². The molecule has 0 atom stereocenters. The van der Waals surface area contributed by atoms with E-state index in [9.17, 15) is 13.2 Å². The number of nitrogens with zero attached hydrogens (tertiary/aromatic N) is 3. The Bertz CT molecular complexity index is 498. The smallest absolute Gasteiger partial charge is 0.321 e. The molecule has 0 saturated carbocycles. The molecule has 10 heteroatoms. The molecule has 0 spiro atoms. The molecule has 1 rings (SSSR count). The predicted molar refractivity (Wildman–Crippen MR) is 60.8 cm³/mol. The first-order valence-corrected chi connectivity index (χ1v) is 6.84. The fraction of sp³-hybridized carbons (Fsp3) is 0.571. The van der Waals surface area contributed by atoms with Crippen molar-refractivity contribution < 1.29 is 17.9 Å². The molecule has 0 aliphatic heterocycles. The molecule has 17 heavy (non-hydrogen) atoms. The number of nitrogen functional groups attached to an aromatic ring is 1. The van der Waals surface area contributed by atoms with Gasteiger partial charge in [-0.2, -0.15) is 4.31 Å². The van der Waals surface area contributed by atoms with Crippen LogP contribution in [0.3, 0.4) is 0 Å². The van der Waals surface area contributed by atoms with Gasteiger partial charge < -0.3 is 10.5 Å². The molecule has 96 valence electrons. The van der Waals surface area contributed by atoms with Gasteiger partial charge in [0.25, 0.3) is 10.0 Å². The van der Waals surface area contributed by atoms with Crippen molar-refractivity contribution in [1.29, 1.82) is 0 Å². The van der Waals surface area contributed by atoms with E-state index in [4.69, 9.17) is 5.73 Å². The second-order valence-electron chi connectivity index (χ2n) is 2.97. The van der Waals surface area contributed by atoms with Gasteiger partial charge in [-0.05, 0) is 6.92 Å². The van der Waals surface area contributed by atoms with E-state index >= 15 is 0 Å². The van der Waals surface area contributed by atoms with Crippen LogP contribution in [0, 0.1) is 0 Å². The number of rotatable bonds is 5. The molecule has 1 aromatic heterocycles. The van der Waals surface area contributed by atoms with Crippen LogP contribution in [0.4, 0.5) is 5.13 Å². The first kappa shape index (κ1) is 13.8. The quantitative estimate of drug-likeness (QED) is 0.709. The second kappa shape index (κ2) is 5.38. The zero-order valence-electron chi connectivity index (χ0n) is 9.28. The molecular weight excluding hydrogens is 268 g/mol. The lowest BCUT2D eigenvalue weighted by atomic mass is 10.6. The average molecular weight is 280 g/mol. The third kappa shape index (κ3) is 3.35. The molecule has 0 fully saturated rings. The molecule has 1 heterocycles. The summed E-state index contributed by atoms with van der Waals surface area (Å²) in [7, 11) is -2.58. The van der Waals surface area contributed by atoms with E-state index in [0.29, 0.717) is 0 Å². The SMILES string of the molecule is CCOC(=O)CN(C)S(=O)(=O)c1nnc(N)s1. The van der Waals surface area contributed by atoms with Gasteiger partial charge in [0.05, 0.1) is 6.61 Å². The van der Waals surface area contributed by atoms with Crippen molar-refractivity contribution in [3.05, 3.63) is 0 Å². The van der Waals surface area contributed by atoms with E-state index in [1.54, 1.807) is 6.92 Å². The number of sulfonamides is 1. The van der Waals surface area contributed by atoms with E-state index in [0.717, 1.165) is 15.6 Å². The van der Waals surface area contributed by atoms with Crippen molar-refractivity contribution in [2.24, 2.45) is 0 Å². The van der Waals surface area contributed by atoms with Gasteiger partial charge in [-0.3, -0.25) is 4.79 Å². The van der Waals surface area contributed by atoms with Crippen molar-refractivity contribution in [3.63, 3.8) is 0 Å². The highest BCUT2D eigenvalue weighted by atomic mass is 32.2. The van der Waals surface area contributed by atoms with E-state index < -0.39 is 16.0 Å².